The summed E-state index contributed by atoms with van der Waals surface area (Å²) in [6.45, 7) is 6.60. The molecule has 0 saturated carbocycles. The van der Waals surface area contributed by atoms with Crippen LogP contribution >= 0.6 is 0 Å². The van der Waals surface area contributed by atoms with E-state index in [1.807, 2.05) is 45.0 Å². The Balaban J connectivity index is 1.84. The number of likely N-dealkylation sites (tertiary alicyclic amines) is 1. The molecular weight excluding hydrogens is 380 g/mol. The number of rotatable bonds is 5. The number of ether oxygens (including phenoxy) is 1. The van der Waals surface area contributed by atoms with E-state index in [1.165, 1.54) is 0 Å². The maximum absolute atomic E-state index is 12.3. The summed E-state index contributed by atoms with van der Waals surface area (Å²) in [7, 11) is 0. The highest BCUT2D eigenvalue weighted by Gasteiger charge is 2.38. The topological polar surface area (TPSA) is 133 Å². The summed E-state index contributed by atoms with van der Waals surface area (Å²) in [6, 6.07) is 14.9. The molecule has 6 N–H and O–H groups in total. The van der Waals surface area contributed by atoms with Crippen molar-refractivity contribution in [1.29, 1.82) is 10.8 Å². The third-order valence-corrected chi connectivity index (χ3v) is 4.79. The number of nitrogens with one attached hydrogen (secondary N) is 2. The number of carbonyl (C=O) groups is 1. The van der Waals surface area contributed by atoms with Crippen molar-refractivity contribution in [2.75, 3.05) is 18.0 Å². The summed E-state index contributed by atoms with van der Waals surface area (Å²) in [5.41, 5.74) is 13.8. The molecule has 1 amide bonds. The van der Waals surface area contributed by atoms with Gasteiger partial charge in [0.05, 0.1) is 6.04 Å². The lowest BCUT2D eigenvalue weighted by Crippen LogP contribution is -2.60. The molecule has 1 saturated heterocycles. The summed E-state index contributed by atoms with van der Waals surface area (Å²) in [6.07, 6.45) is -0.322. The second-order valence-electron chi connectivity index (χ2n) is 8.33. The Morgan fingerprint density at radius 2 is 1.33 bits per heavy atom. The summed E-state index contributed by atoms with van der Waals surface area (Å²) in [4.78, 5) is 16.1. The van der Waals surface area contributed by atoms with Gasteiger partial charge in [0, 0.05) is 35.6 Å². The van der Waals surface area contributed by atoms with Gasteiger partial charge in [-0.05, 0) is 69.3 Å². The number of hydrogen-bond acceptors (Lipinski definition) is 5. The first-order valence-electron chi connectivity index (χ1n) is 9.71. The molecule has 8 nitrogen and oxygen atoms in total. The van der Waals surface area contributed by atoms with Crippen LogP contribution in [0.15, 0.2) is 48.5 Å². The van der Waals surface area contributed by atoms with Gasteiger partial charge in [-0.2, -0.15) is 0 Å². The third kappa shape index (κ3) is 4.71. The van der Waals surface area contributed by atoms with Gasteiger partial charge in [-0.3, -0.25) is 10.8 Å². The lowest BCUT2D eigenvalue weighted by Gasteiger charge is -2.46. The maximum atomic E-state index is 12.3. The molecule has 2 aromatic carbocycles. The van der Waals surface area contributed by atoms with Crippen LogP contribution in [0.25, 0.3) is 0 Å². The highest BCUT2D eigenvalue weighted by molar-refractivity contribution is 5.96. The number of amidine groups is 2. The fraction of sp³-hybridized carbons (Fsp3) is 0.318. The van der Waals surface area contributed by atoms with Gasteiger partial charge < -0.3 is 26.0 Å². The fourth-order valence-corrected chi connectivity index (χ4v) is 3.27. The van der Waals surface area contributed by atoms with Crippen molar-refractivity contribution in [3.63, 3.8) is 0 Å². The molecule has 1 heterocycles. The first-order chi connectivity index (χ1) is 14.0. The van der Waals surface area contributed by atoms with Gasteiger partial charge >= 0.3 is 6.09 Å². The van der Waals surface area contributed by atoms with Crippen LogP contribution in [0, 0.1) is 10.8 Å². The Morgan fingerprint density at radius 3 is 1.67 bits per heavy atom. The normalized spacial score (nSPS) is 14.0. The van der Waals surface area contributed by atoms with E-state index < -0.39 is 5.60 Å². The zero-order chi connectivity index (χ0) is 22.1. The second kappa shape index (κ2) is 8.06. The van der Waals surface area contributed by atoms with E-state index >= 15 is 0 Å². The van der Waals surface area contributed by atoms with Gasteiger partial charge in [0.1, 0.15) is 17.3 Å². The van der Waals surface area contributed by atoms with Gasteiger partial charge in [0.15, 0.2) is 0 Å². The lowest BCUT2D eigenvalue weighted by molar-refractivity contribution is 0.00891. The lowest BCUT2D eigenvalue weighted by atomic mass is 10.0. The van der Waals surface area contributed by atoms with Crippen LogP contribution in [-0.2, 0) is 4.74 Å². The molecular formula is C22H28N6O2. The summed E-state index contributed by atoms with van der Waals surface area (Å²) >= 11 is 0. The number of anilines is 2. The molecule has 2 aromatic rings. The molecule has 30 heavy (non-hydrogen) atoms. The highest BCUT2D eigenvalue weighted by atomic mass is 16.6. The predicted octanol–water partition coefficient (Wildman–Crippen LogP) is 3.01. The highest BCUT2D eigenvalue weighted by Crippen LogP contribution is 2.32. The molecule has 158 valence electrons. The van der Waals surface area contributed by atoms with E-state index in [2.05, 4.69) is 4.90 Å². The second-order valence-corrected chi connectivity index (χ2v) is 8.33. The maximum Gasteiger partial charge on any atom is 0.410 e. The van der Waals surface area contributed by atoms with Crippen LogP contribution in [0.3, 0.4) is 0 Å². The summed E-state index contributed by atoms with van der Waals surface area (Å²) in [5.74, 6) is 0.0253. The van der Waals surface area contributed by atoms with Gasteiger partial charge in [0.25, 0.3) is 0 Å². The molecule has 0 spiro atoms. The largest absolute Gasteiger partial charge is 0.444 e. The first-order valence-corrected chi connectivity index (χ1v) is 9.71. The molecule has 8 heteroatoms. The number of amides is 1. The van der Waals surface area contributed by atoms with Crippen molar-refractivity contribution in [1.82, 2.24) is 4.90 Å². The number of nitrogens with two attached hydrogens (primary N) is 2. The number of benzene rings is 2. The van der Waals surface area contributed by atoms with E-state index in [9.17, 15) is 4.79 Å². The van der Waals surface area contributed by atoms with Crippen molar-refractivity contribution in [2.24, 2.45) is 11.5 Å². The summed E-state index contributed by atoms with van der Waals surface area (Å²) < 4.78 is 5.46. The van der Waals surface area contributed by atoms with E-state index in [-0.39, 0.29) is 23.8 Å². The average Bonchev–Trinajstić information content (AvgIpc) is 2.63. The van der Waals surface area contributed by atoms with Crippen molar-refractivity contribution in [3.05, 3.63) is 59.7 Å². The minimum absolute atomic E-state index is 0.0126. The fourth-order valence-electron chi connectivity index (χ4n) is 3.27. The van der Waals surface area contributed by atoms with E-state index in [0.29, 0.717) is 24.2 Å². The molecule has 0 atom stereocenters. The van der Waals surface area contributed by atoms with Gasteiger partial charge in [-0.15, -0.1) is 0 Å². The Hall–Kier alpha value is -3.55. The van der Waals surface area contributed by atoms with Crippen LogP contribution in [0.4, 0.5) is 16.2 Å². The van der Waals surface area contributed by atoms with E-state index in [4.69, 9.17) is 27.0 Å². The van der Waals surface area contributed by atoms with E-state index in [1.54, 1.807) is 29.2 Å². The van der Waals surface area contributed by atoms with Crippen molar-refractivity contribution >= 4 is 29.1 Å². The molecule has 0 radical (unpaired) electrons. The van der Waals surface area contributed by atoms with Crippen LogP contribution in [0.1, 0.15) is 31.9 Å². The Morgan fingerprint density at radius 1 is 0.933 bits per heavy atom. The van der Waals surface area contributed by atoms with Gasteiger partial charge in [-0.1, -0.05) is 0 Å². The monoisotopic (exact) mass is 408 g/mol. The minimum atomic E-state index is -0.535. The molecule has 0 bridgehead atoms. The van der Waals surface area contributed by atoms with Crippen molar-refractivity contribution < 1.29 is 9.53 Å². The molecule has 0 unspecified atom stereocenters. The zero-order valence-electron chi connectivity index (χ0n) is 17.5. The van der Waals surface area contributed by atoms with Crippen LogP contribution in [0.2, 0.25) is 0 Å². The Bertz CT molecular complexity index is 884. The number of nitrogen functional groups attached to an aromatic ring is 2. The summed E-state index contributed by atoms with van der Waals surface area (Å²) in [5, 5.41) is 15.2. The molecule has 1 aliphatic rings. The standard InChI is InChI=1S/C22H28N6O2/c1-22(2,3)30-21(29)27-12-18(13-27)28(16-8-4-14(5-9-16)19(23)24)17-10-6-15(7-11-17)20(25)26/h4-11,18H,12-13H2,1-3H3,(H3,23,24)(H3,25,26). The van der Waals surface area contributed by atoms with Crippen LogP contribution in [0.5, 0.6) is 0 Å². The molecule has 3 rings (SSSR count). The molecule has 0 aliphatic carbocycles. The molecule has 1 aliphatic heterocycles. The van der Waals surface area contributed by atoms with Crippen molar-refractivity contribution in [2.45, 2.75) is 32.4 Å². The SMILES string of the molecule is CC(C)(C)OC(=O)N1CC(N(c2ccc(C(=N)N)cc2)c2ccc(C(=N)N)cc2)C1. The smallest absolute Gasteiger partial charge is 0.410 e. The quantitative estimate of drug-likeness (QED) is 0.446. The Kier molecular flexibility index (Phi) is 5.69. The van der Waals surface area contributed by atoms with Crippen LogP contribution in [-0.4, -0.2) is 47.4 Å². The first kappa shape index (κ1) is 21.2. The Labute approximate surface area is 176 Å². The van der Waals surface area contributed by atoms with Crippen LogP contribution < -0.4 is 16.4 Å². The zero-order valence-corrected chi connectivity index (χ0v) is 17.5. The average molecular weight is 409 g/mol. The van der Waals surface area contributed by atoms with Crippen molar-refractivity contribution in [3.8, 4) is 0 Å². The van der Waals surface area contributed by atoms with E-state index in [0.717, 1.165) is 11.4 Å². The number of nitrogens with zero attached hydrogens (tertiary/aromatic N) is 2. The minimum Gasteiger partial charge on any atom is -0.444 e. The number of carbonyl (C=O) groups excluding carboxylic acids is 1. The number of hydrogen-bond donors (Lipinski definition) is 4. The van der Waals surface area contributed by atoms with Gasteiger partial charge in [-0.25, -0.2) is 4.79 Å². The predicted molar refractivity (Wildman–Crippen MR) is 119 cm³/mol. The molecule has 0 aromatic heterocycles. The third-order valence-electron chi connectivity index (χ3n) is 4.79. The molecule has 1 fully saturated rings. The van der Waals surface area contributed by atoms with Gasteiger partial charge in [0.2, 0.25) is 0 Å².